The Morgan fingerprint density at radius 3 is 1.95 bits per heavy atom. The highest BCUT2D eigenvalue weighted by Crippen LogP contribution is 2.23. The zero-order valence-electron chi connectivity index (χ0n) is 12.6. The van der Waals surface area contributed by atoms with Crippen LogP contribution in [0.25, 0.3) is 11.1 Å². The van der Waals surface area contributed by atoms with Gasteiger partial charge in [0.2, 0.25) is 10.0 Å². The van der Waals surface area contributed by atoms with E-state index < -0.39 is 10.0 Å². The fraction of sp³-hybridized carbons (Fsp3) is 0.250. The third-order valence-corrected chi connectivity index (χ3v) is 4.66. The summed E-state index contributed by atoms with van der Waals surface area (Å²) in [6.07, 6.45) is 0. The minimum absolute atomic E-state index is 0.237. The number of methoxy groups -OCH3 is 2. The zero-order valence-corrected chi connectivity index (χ0v) is 13.4. The van der Waals surface area contributed by atoms with Crippen LogP contribution in [0.1, 0.15) is 0 Å². The van der Waals surface area contributed by atoms with E-state index in [1.165, 1.54) is 7.11 Å². The van der Waals surface area contributed by atoms with Gasteiger partial charge in [0.15, 0.2) is 0 Å². The molecule has 2 aromatic carbocycles. The average molecular weight is 321 g/mol. The molecule has 0 aromatic heterocycles. The quantitative estimate of drug-likeness (QED) is 0.795. The largest absolute Gasteiger partial charge is 0.497 e. The lowest BCUT2D eigenvalue weighted by atomic mass is 10.1. The van der Waals surface area contributed by atoms with Crippen LogP contribution in [0, 0.1) is 0 Å². The van der Waals surface area contributed by atoms with Gasteiger partial charge in [-0.05, 0) is 35.4 Å². The Bertz CT molecular complexity index is 694. The van der Waals surface area contributed by atoms with Crippen LogP contribution in [0.15, 0.2) is 53.4 Å². The highest BCUT2D eigenvalue weighted by molar-refractivity contribution is 7.89. The Kier molecular flexibility index (Phi) is 5.54. The molecular weight excluding hydrogens is 302 g/mol. The molecule has 0 aliphatic heterocycles. The highest BCUT2D eigenvalue weighted by Gasteiger charge is 2.13. The Balaban J connectivity index is 2.15. The third kappa shape index (κ3) is 4.07. The van der Waals surface area contributed by atoms with Gasteiger partial charge in [-0.2, -0.15) is 0 Å². The van der Waals surface area contributed by atoms with Gasteiger partial charge < -0.3 is 9.47 Å². The average Bonchev–Trinajstić information content (AvgIpc) is 2.55. The fourth-order valence-electron chi connectivity index (χ4n) is 1.97. The molecule has 0 aliphatic rings. The summed E-state index contributed by atoms with van der Waals surface area (Å²) in [5, 5.41) is 0. The number of rotatable bonds is 7. The topological polar surface area (TPSA) is 64.6 Å². The van der Waals surface area contributed by atoms with Crippen molar-refractivity contribution in [1.29, 1.82) is 0 Å². The molecule has 2 rings (SSSR count). The Hall–Kier alpha value is -1.89. The summed E-state index contributed by atoms with van der Waals surface area (Å²) in [4.78, 5) is 0.237. The van der Waals surface area contributed by atoms with Crippen LogP contribution in [-0.2, 0) is 14.8 Å². The fourth-order valence-corrected chi connectivity index (χ4v) is 2.98. The molecule has 0 saturated carbocycles. The normalized spacial score (nSPS) is 11.4. The number of benzene rings is 2. The van der Waals surface area contributed by atoms with Crippen molar-refractivity contribution < 1.29 is 17.9 Å². The first-order chi connectivity index (χ1) is 10.6. The second-order valence-corrected chi connectivity index (χ2v) is 6.41. The summed E-state index contributed by atoms with van der Waals surface area (Å²) < 4.78 is 36.5. The standard InChI is InChI=1S/C16H19NO4S/c1-20-12-11-17-22(18,19)16-9-5-14(6-10-16)13-3-7-15(21-2)8-4-13/h3-10,17H,11-12H2,1-2H3. The van der Waals surface area contributed by atoms with Crippen LogP contribution in [0.5, 0.6) is 5.75 Å². The molecule has 1 N–H and O–H groups in total. The van der Waals surface area contributed by atoms with Crippen LogP contribution in [0.2, 0.25) is 0 Å². The molecule has 22 heavy (non-hydrogen) atoms. The van der Waals surface area contributed by atoms with E-state index in [0.29, 0.717) is 6.61 Å². The summed E-state index contributed by atoms with van der Waals surface area (Å²) in [5.74, 6) is 0.783. The molecule has 2 aromatic rings. The van der Waals surface area contributed by atoms with Gasteiger partial charge >= 0.3 is 0 Å². The van der Waals surface area contributed by atoms with Gasteiger partial charge in [-0.15, -0.1) is 0 Å². The summed E-state index contributed by atoms with van der Waals surface area (Å²) in [5.41, 5.74) is 1.94. The lowest BCUT2D eigenvalue weighted by Crippen LogP contribution is -2.27. The maximum Gasteiger partial charge on any atom is 0.240 e. The molecule has 6 heteroatoms. The molecule has 5 nitrogen and oxygen atoms in total. The molecular formula is C16H19NO4S. The molecule has 0 atom stereocenters. The number of nitrogens with one attached hydrogen (secondary N) is 1. The van der Waals surface area contributed by atoms with Crippen LogP contribution >= 0.6 is 0 Å². The summed E-state index contributed by atoms with van der Waals surface area (Å²) in [7, 11) is -0.350. The van der Waals surface area contributed by atoms with Crippen LogP contribution < -0.4 is 9.46 Å². The van der Waals surface area contributed by atoms with E-state index in [2.05, 4.69) is 4.72 Å². The van der Waals surface area contributed by atoms with Crippen molar-refractivity contribution in [2.45, 2.75) is 4.90 Å². The van der Waals surface area contributed by atoms with Crippen molar-refractivity contribution in [2.24, 2.45) is 0 Å². The lowest BCUT2D eigenvalue weighted by Gasteiger charge is -2.08. The van der Waals surface area contributed by atoms with Gasteiger partial charge in [0, 0.05) is 13.7 Å². The van der Waals surface area contributed by atoms with Crippen molar-refractivity contribution >= 4 is 10.0 Å². The van der Waals surface area contributed by atoms with Crippen molar-refractivity contribution in [3.8, 4) is 16.9 Å². The third-order valence-electron chi connectivity index (χ3n) is 3.19. The van der Waals surface area contributed by atoms with E-state index in [-0.39, 0.29) is 11.4 Å². The Morgan fingerprint density at radius 1 is 0.909 bits per heavy atom. The smallest absolute Gasteiger partial charge is 0.240 e. The van der Waals surface area contributed by atoms with Crippen LogP contribution in [0.3, 0.4) is 0 Å². The maximum absolute atomic E-state index is 12.1. The van der Waals surface area contributed by atoms with E-state index in [1.54, 1.807) is 31.4 Å². The van der Waals surface area contributed by atoms with E-state index in [4.69, 9.17) is 9.47 Å². The minimum atomic E-state index is -3.49. The van der Waals surface area contributed by atoms with Gasteiger partial charge in [0.1, 0.15) is 5.75 Å². The first kappa shape index (κ1) is 16.5. The first-order valence-corrected chi connectivity index (χ1v) is 8.28. The lowest BCUT2D eigenvalue weighted by molar-refractivity contribution is 0.204. The number of ether oxygens (including phenoxy) is 2. The van der Waals surface area contributed by atoms with E-state index in [9.17, 15) is 8.42 Å². The van der Waals surface area contributed by atoms with Gasteiger partial charge in [0.05, 0.1) is 18.6 Å². The van der Waals surface area contributed by atoms with Crippen molar-refractivity contribution in [3.63, 3.8) is 0 Å². The van der Waals surface area contributed by atoms with Crippen molar-refractivity contribution in [2.75, 3.05) is 27.4 Å². The molecule has 0 radical (unpaired) electrons. The van der Waals surface area contributed by atoms with Crippen molar-refractivity contribution in [3.05, 3.63) is 48.5 Å². The molecule has 0 bridgehead atoms. The van der Waals surface area contributed by atoms with Gasteiger partial charge in [-0.1, -0.05) is 24.3 Å². The molecule has 0 spiro atoms. The molecule has 0 heterocycles. The van der Waals surface area contributed by atoms with E-state index in [0.717, 1.165) is 16.9 Å². The summed E-state index contributed by atoms with van der Waals surface area (Å²) >= 11 is 0. The van der Waals surface area contributed by atoms with Gasteiger partial charge in [-0.25, -0.2) is 13.1 Å². The second-order valence-electron chi connectivity index (χ2n) is 4.64. The zero-order chi connectivity index (χ0) is 16.0. The maximum atomic E-state index is 12.1. The van der Waals surface area contributed by atoms with Crippen LogP contribution in [0.4, 0.5) is 0 Å². The summed E-state index contributed by atoms with van der Waals surface area (Å²) in [6.45, 7) is 0.586. The number of hydrogen-bond donors (Lipinski definition) is 1. The van der Waals surface area contributed by atoms with Gasteiger partial charge in [-0.3, -0.25) is 0 Å². The molecule has 0 fully saturated rings. The highest BCUT2D eigenvalue weighted by atomic mass is 32.2. The van der Waals surface area contributed by atoms with Crippen molar-refractivity contribution in [1.82, 2.24) is 4.72 Å². The molecule has 0 unspecified atom stereocenters. The molecule has 0 amide bonds. The molecule has 118 valence electrons. The summed E-state index contributed by atoms with van der Waals surface area (Å²) in [6, 6.07) is 14.3. The van der Waals surface area contributed by atoms with E-state index in [1.807, 2.05) is 24.3 Å². The van der Waals surface area contributed by atoms with Crippen LogP contribution in [-0.4, -0.2) is 35.8 Å². The monoisotopic (exact) mass is 321 g/mol. The SMILES string of the molecule is COCCNS(=O)(=O)c1ccc(-c2ccc(OC)cc2)cc1. The second kappa shape index (κ2) is 7.40. The Labute approximate surface area is 130 Å². The number of hydrogen-bond acceptors (Lipinski definition) is 4. The number of sulfonamides is 1. The Morgan fingerprint density at radius 2 is 1.45 bits per heavy atom. The molecule has 0 aliphatic carbocycles. The van der Waals surface area contributed by atoms with E-state index >= 15 is 0 Å². The van der Waals surface area contributed by atoms with Gasteiger partial charge in [0.25, 0.3) is 0 Å². The first-order valence-electron chi connectivity index (χ1n) is 6.80. The predicted octanol–water partition coefficient (Wildman–Crippen LogP) is 2.29. The molecule has 0 saturated heterocycles. The predicted molar refractivity (Wildman–Crippen MR) is 85.5 cm³/mol. The minimum Gasteiger partial charge on any atom is -0.497 e.